The van der Waals surface area contributed by atoms with Crippen LogP contribution in [0.2, 0.25) is 0 Å². The van der Waals surface area contributed by atoms with Crippen molar-refractivity contribution in [3.8, 4) is 0 Å². The normalized spacial score (nSPS) is 21.9. The van der Waals surface area contributed by atoms with Gasteiger partial charge in [0.25, 0.3) is 0 Å². The molecule has 0 aliphatic heterocycles. The van der Waals surface area contributed by atoms with Gasteiger partial charge < -0.3 is 19.6 Å². The number of rotatable bonds is 68. The zero-order valence-corrected chi connectivity index (χ0v) is 69.0. The van der Waals surface area contributed by atoms with E-state index >= 15 is 0 Å². The van der Waals surface area contributed by atoms with Crippen molar-refractivity contribution in [2.24, 2.45) is 52.8 Å². The Kier molecular flexibility index (Phi) is 68.6. The molecule has 2 saturated carbocycles. The van der Waals surface area contributed by atoms with Crippen LogP contribution < -0.4 is 0 Å². The molecule has 1 spiro atoms. The third-order valence-corrected chi connectivity index (χ3v) is 23.1. The molecule has 0 radical (unpaired) electrons. The van der Waals surface area contributed by atoms with Gasteiger partial charge in [0, 0.05) is 26.2 Å². The molecular formula is C89H178N4O8. The van der Waals surface area contributed by atoms with Crippen molar-refractivity contribution < 1.29 is 39.1 Å². The SMILES string of the molecule is C.CCCCCCC1C=C[C@@H](CCCCCCCCOOCCN(C)C)C(/C=C\CCCCCCCCOOCCN(C)C)C1CCCCCC.CCCCCCC1CC[C@]2(CCCCCCC2COOCCN(C)C)C(CCCCCCCCCCOOCCN(C)C)C1CCCCCC. The highest BCUT2D eigenvalue weighted by atomic mass is 17.2. The standard InChI is InChI=1S/C44H88N2O4.C44H86N2O4.CH4/c1-7-9-11-21-27-40-31-33-44(32-25-19-18-22-28-41(44)39-50-49-38-35-46(5)6)43(42(40)29-23-12-10-8-2)30-24-17-15-13-14-16-20-26-36-47-48-37-34-45(3)4;1-7-9-11-23-29-41-33-34-42(30-24-19-16-18-22-28-38-48-50-40-36-46(5)6)44(43(41)31-25-12-10-8-2)32-26-20-15-13-14-17-21-27-37-47-49-39-35-45(3)4;/h40-43H,7-39H2,1-6H3;26,32-34,41-44H,7-25,27-31,35-40H2,1-6H3;1H4/b;32-26-;/t40?,41?,42?,43?,44-;41?,42-,43?,44?;/m01./s1. The number of hydrogen-bond acceptors (Lipinski definition) is 12. The monoisotopic (exact) mass is 1430 g/mol. The topological polar surface area (TPSA) is 86.8 Å². The van der Waals surface area contributed by atoms with Gasteiger partial charge in [-0.25, -0.2) is 39.1 Å². The Labute approximate surface area is 630 Å². The molecule has 7 unspecified atom stereocenters. The van der Waals surface area contributed by atoms with Gasteiger partial charge in [-0.05, 0) is 199 Å². The zero-order valence-electron chi connectivity index (χ0n) is 69.0. The molecule has 3 rings (SSSR count). The lowest BCUT2D eigenvalue weighted by Crippen LogP contribution is -2.49. The maximum absolute atomic E-state index is 6.15. The second-order valence-electron chi connectivity index (χ2n) is 32.9. The number of likely N-dealkylation sites (N-methyl/N-ethyl adjacent to an activating group) is 4. The predicted octanol–water partition coefficient (Wildman–Crippen LogP) is 24.7. The predicted molar refractivity (Wildman–Crippen MR) is 435 cm³/mol. The van der Waals surface area contributed by atoms with Crippen LogP contribution in [0, 0.1) is 52.8 Å². The first kappa shape index (κ1) is 98.0. The summed E-state index contributed by atoms with van der Waals surface area (Å²) in [5.41, 5.74) is 0.443. The van der Waals surface area contributed by atoms with E-state index in [4.69, 9.17) is 39.1 Å². The molecule has 0 amide bonds. The minimum absolute atomic E-state index is 0. The molecule has 602 valence electrons. The molecule has 12 nitrogen and oxygen atoms in total. The number of unbranched alkanes of at least 4 members (excludes halogenated alkanes) is 30. The third-order valence-electron chi connectivity index (χ3n) is 23.1. The van der Waals surface area contributed by atoms with E-state index in [-0.39, 0.29) is 7.43 Å². The Morgan fingerprint density at radius 3 is 1.18 bits per heavy atom. The first-order chi connectivity index (χ1) is 48.9. The number of hydrogen-bond donors (Lipinski definition) is 0. The van der Waals surface area contributed by atoms with Gasteiger partial charge >= 0.3 is 0 Å². The Bertz CT molecular complexity index is 1760. The quantitative estimate of drug-likeness (QED) is 0.0252. The Morgan fingerprint density at radius 1 is 0.337 bits per heavy atom. The molecule has 0 heterocycles. The molecule has 3 aliphatic rings. The van der Waals surface area contributed by atoms with Gasteiger partial charge in [0.2, 0.25) is 0 Å². The minimum atomic E-state index is 0. The van der Waals surface area contributed by atoms with Gasteiger partial charge in [-0.3, -0.25) is 0 Å². The average molecular weight is 1430 g/mol. The second kappa shape index (κ2) is 70.7. The molecule has 12 heteroatoms. The van der Waals surface area contributed by atoms with Crippen molar-refractivity contribution in [2.75, 3.05) is 135 Å². The highest BCUT2D eigenvalue weighted by Crippen LogP contribution is 2.60. The lowest BCUT2D eigenvalue weighted by Gasteiger charge is -2.56. The van der Waals surface area contributed by atoms with E-state index < -0.39 is 0 Å². The zero-order chi connectivity index (χ0) is 72.5. The van der Waals surface area contributed by atoms with Gasteiger partial charge in [0.15, 0.2) is 0 Å². The molecule has 3 aliphatic carbocycles. The summed E-state index contributed by atoms with van der Waals surface area (Å²) in [6.07, 6.45) is 80.1. The van der Waals surface area contributed by atoms with E-state index in [9.17, 15) is 0 Å². The molecule has 0 aromatic heterocycles. The van der Waals surface area contributed by atoms with Gasteiger partial charge in [0.05, 0.1) is 52.9 Å². The highest BCUT2D eigenvalue weighted by Gasteiger charge is 2.52. The summed E-state index contributed by atoms with van der Waals surface area (Å²) >= 11 is 0. The van der Waals surface area contributed by atoms with Crippen LogP contribution in [-0.2, 0) is 39.1 Å². The van der Waals surface area contributed by atoms with Crippen molar-refractivity contribution in [2.45, 2.75) is 363 Å². The lowest BCUT2D eigenvalue weighted by atomic mass is 9.49. The van der Waals surface area contributed by atoms with Crippen molar-refractivity contribution in [3.63, 3.8) is 0 Å². The van der Waals surface area contributed by atoms with Gasteiger partial charge in [0.1, 0.15) is 0 Å². The lowest BCUT2D eigenvalue weighted by molar-refractivity contribution is -0.310. The summed E-state index contributed by atoms with van der Waals surface area (Å²) in [5.74, 6) is 6.40. The van der Waals surface area contributed by atoms with E-state index in [2.05, 4.69) is 128 Å². The summed E-state index contributed by atoms with van der Waals surface area (Å²) < 4.78 is 0. The molecule has 0 aromatic carbocycles. The van der Waals surface area contributed by atoms with Crippen LogP contribution >= 0.6 is 0 Å². The van der Waals surface area contributed by atoms with E-state index in [1.54, 1.807) is 0 Å². The Morgan fingerprint density at radius 2 is 0.703 bits per heavy atom. The summed E-state index contributed by atoms with van der Waals surface area (Å²) in [4.78, 5) is 52.3. The minimum Gasteiger partial charge on any atom is -0.307 e. The molecule has 2 fully saturated rings. The summed E-state index contributed by atoms with van der Waals surface area (Å²) in [7, 11) is 16.6. The van der Waals surface area contributed by atoms with Crippen molar-refractivity contribution in [1.29, 1.82) is 0 Å². The fourth-order valence-electron chi connectivity index (χ4n) is 17.0. The van der Waals surface area contributed by atoms with Gasteiger partial charge in [-0.2, -0.15) is 0 Å². The Hall–Kier alpha value is -1.00. The molecular weight excluding hydrogens is 1250 g/mol. The summed E-state index contributed by atoms with van der Waals surface area (Å²) in [6.45, 7) is 18.6. The Balaban J connectivity index is 0.00000100. The fraction of sp³-hybridized carbons (Fsp3) is 0.955. The smallest absolute Gasteiger partial charge is 0.0949 e. The van der Waals surface area contributed by atoms with Crippen LogP contribution in [0.4, 0.5) is 0 Å². The van der Waals surface area contributed by atoms with Crippen LogP contribution in [0.15, 0.2) is 24.3 Å². The number of nitrogens with zero attached hydrogens (tertiary/aromatic N) is 4. The van der Waals surface area contributed by atoms with Crippen LogP contribution in [0.5, 0.6) is 0 Å². The van der Waals surface area contributed by atoms with Crippen molar-refractivity contribution in [1.82, 2.24) is 19.6 Å². The molecule has 0 N–H and O–H groups in total. The van der Waals surface area contributed by atoms with E-state index in [1.165, 1.54) is 308 Å². The van der Waals surface area contributed by atoms with Gasteiger partial charge in [-0.15, -0.1) is 0 Å². The molecule has 0 aromatic rings. The van der Waals surface area contributed by atoms with Crippen LogP contribution in [0.1, 0.15) is 363 Å². The fourth-order valence-corrected chi connectivity index (χ4v) is 17.0. The van der Waals surface area contributed by atoms with Crippen molar-refractivity contribution in [3.05, 3.63) is 24.3 Å². The van der Waals surface area contributed by atoms with Crippen molar-refractivity contribution >= 4 is 0 Å². The van der Waals surface area contributed by atoms with Gasteiger partial charge in [-0.1, -0.05) is 297 Å². The van der Waals surface area contributed by atoms with E-state index in [0.717, 1.165) is 113 Å². The summed E-state index contributed by atoms with van der Waals surface area (Å²) in [5, 5.41) is 0. The molecule has 9 atom stereocenters. The third kappa shape index (κ3) is 52.7. The van der Waals surface area contributed by atoms with Crippen LogP contribution in [0.25, 0.3) is 0 Å². The first-order valence-corrected chi connectivity index (χ1v) is 43.8. The number of allylic oxidation sites excluding steroid dienone is 4. The second-order valence-corrected chi connectivity index (χ2v) is 32.9. The maximum Gasteiger partial charge on any atom is 0.0949 e. The molecule has 0 saturated heterocycles. The van der Waals surface area contributed by atoms with Crippen LogP contribution in [0.3, 0.4) is 0 Å². The molecule has 101 heavy (non-hydrogen) atoms. The highest BCUT2D eigenvalue weighted by molar-refractivity contribution is 5.11. The average Bonchev–Trinajstić information content (AvgIpc) is 0.757. The maximum atomic E-state index is 6.15. The molecule has 0 bridgehead atoms. The van der Waals surface area contributed by atoms with E-state index in [0.29, 0.717) is 37.8 Å². The van der Waals surface area contributed by atoms with E-state index in [1.807, 2.05) is 0 Å². The summed E-state index contributed by atoms with van der Waals surface area (Å²) in [6, 6.07) is 0. The van der Waals surface area contributed by atoms with Crippen LogP contribution in [-0.4, -0.2) is 155 Å². The largest absolute Gasteiger partial charge is 0.307 e. The first-order valence-electron chi connectivity index (χ1n) is 43.8.